The molecule has 2 heteroatoms. The van der Waals surface area contributed by atoms with Crippen molar-refractivity contribution in [2.75, 3.05) is 0 Å². The molecule has 110 valence electrons. The molecule has 2 nitrogen and oxygen atoms in total. The first kappa shape index (κ1) is 15.4. The van der Waals surface area contributed by atoms with Gasteiger partial charge in [0.05, 0.1) is 5.92 Å². The molecule has 2 aromatic rings. The summed E-state index contributed by atoms with van der Waals surface area (Å²) in [6, 6.07) is 12.3. The lowest BCUT2D eigenvalue weighted by atomic mass is 9.92. The zero-order chi connectivity index (χ0) is 14.9. The normalized spacial score (nSPS) is 12.0. The predicted molar refractivity (Wildman–Crippen MR) is 86.4 cm³/mol. The van der Waals surface area contributed by atoms with Gasteiger partial charge in [-0.05, 0) is 41.7 Å². The summed E-state index contributed by atoms with van der Waals surface area (Å²) in [5.41, 5.74) is 3.40. The van der Waals surface area contributed by atoms with E-state index < -0.39 is 0 Å². The van der Waals surface area contributed by atoms with Gasteiger partial charge < -0.3 is 4.79 Å². The Bertz CT molecular complexity index is 533. The van der Waals surface area contributed by atoms with E-state index in [-0.39, 0.29) is 5.92 Å². The van der Waals surface area contributed by atoms with Crippen molar-refractivity contribution in [2.24, 2.45) is 0 Å². The molecule has 0 aliphatic carbocycles. The molecule has 1 aromatic carbocycles. The van der Waals surface area contributed by atoms with E-state index in [1.165, 1.54) is 31.2 Å². The number of benzene rings is 1. The summed E-state index contributed by atoms with van der Waals surface area (Å²) in [7, 11) is 0. The van der Waals surface area contributed by atoms with Crippen molar-refractivity contribution in [1.82, 2.24) is 4.98 Å². The van der Waals surface area contributed by atoms with Crippen molar-refractivity contribution in [1.29, 1.82) is 0 Å². The number of unbranched alkanes of at least 4 members (excludes halogenated alkanes) is 3. The number of aldehydes is 1. The topological polar surface area (TPSA) is 30.0 Å². The van der Waals surface area contributed by atoms with Crippen LogP contribution in [-0.4, -0.2) is 11.3 Å². The van der Waals surface area contributed by atoms with E-state index in [0.29, 0.717) is 0 Å². The average molecular weight is 281 g/mol. The highest BCUT2D eigenvalue weighted by atomic mass is 16.1. The molecule has 0 bridgehead atoms. The number of carbonyl (C=O) groups is 1. The number of aromatic nitrogens is 1. The van der Waals surface area contributed by atoms with Gasteiger partial charge in [0.1, 0.15) is 6.29 Å². The fourth-order valence-electron chi connectivity index (χ4n) is 2.57. The highest BCUT2D eigenvalue weighted by Crippen LogP contribution is 2.22. The molecule has 1 aromatic heterocycles. The van der Waals surface area contributed by atoms with Crippen molar-refractivity contribution >= 4 is 6.29 Å². The minimum Gasteiger partial charge on any atom is -0.302 e. The zero-order valence-electron chi connectivity index (χ0n) is 12.7. The van der Waals surface area contributed by atoms with E-state index in [1.54, 1.807) is 12.4 Å². The molecule has 1 heterocycles. The van der Waals surface area contributed by atoms with Crippen LogP contribution >= 0.6 is 0 Å². The van der Waals surface area contributed by atoms with Gasteiger partial charge in [0.25, 0.3) is 0 Å². The molecule has 0 aliphatic rings. The summed E-state index contributed by atoms with van der Waals surface area (Å²) < 4.78 is 0. The predicted octanol–water partition coefficient (Wildman–Crippen LogP) is 4.54. The van der Waals surface area contributed by atoms with E-state index in [1.807, 2.05) is 12.1 Å². The average Bonchev–Trinajstić information content (AvgIpc) is 2.55. The number of hydrogen-bond donors (Lipinski definition) is 0. The molecule has 0 fully saturated rings. The molecule has 0 amide bonds. The second kappa shape index (κ2) is 8.35. The maximum Gasteiger partial charge on any atom is 0.131 e. The minimum absolute atomic E-state index is 0.192. The molecule has 2 rings (SSSR count). The molecular weight excluding hydrogens is 258 g/mol. The molecule has 1 unspecified atom stereocenters. The number of carbonyl (C=O) groups excluding carboxylic acids is 1. The van der Waals surface area contributed by atoms with Crippen LogP contribution in [0.4, 0.5) is 0 Å². The third kappa shape index (κ3) is 4.52. The van der Waals surface area contributed by atoms with Crippen LogP contribution in [0.25, 0.3) is 0 Å². The highest BCUT2D eigenvalue weighted by Gasteiger charge is 2.12. The maximum absolute atomic E-state index is 11.4. The quantitative estimate of drug-likeness (QED) is 0.525. The number of nitrogens with zero attached hydrogens (tertiary/aromatic N) is 1. The largest absolute Gasteiger partial charge is 0.302 e. The Morgan fingerprint density at radius 1 is 0.952 bits per heavy atom. The summed E-state index contributed by atoms with van der Waals surface area (Å²) in [4.78, 5) is 15.4. The van der Waals surface area contributed by atoms with Crippen LogP contribution in [0.2, 0.25) is 0 Å². The summed E-state index contributed by atoms with van der Waals surface area (Å²) >= 11 is 0. The van der Waals surface area contributed by atoms with E-state index in [2.05, 4.69) is 36.2 Å². The molecule has 1 atom stereocenters. The van der Waals surface area contributed by atoms with Crippen LogP contribution in [0.5, 0.6) is 0 Å². The Balaban J connectivity index is 2.02. The zero-order valence-corrected chi connectivity index (χ0v) is 12.7. The molecular formula is C19H23NO. The standard InChI is InChI=1S/C19H23NO/c1-2-3-4-5-6-16-7-9-17(10-8-16)19(15-21)18-11-13-20-14-12-18/h7-15,19H,2-6H2,1H3. The molecule has 0 radical (unpaired) electrons. The third-order valence-corrected chi connectivity index (χ3v) is 3.86. The Hall–Kier alpha value is -1.96. The van der Waals surface area contributed by atoms with Crippen LogP contribution in [-0.2, 0) is 11.2 Å². The van der Waals surface area contributed by atoms with Gasteiger partial charge in [-0.25, -0.2) is 0 Å². The third-order valence-electron chi connectivity index (χ3n) is 3.86. The van der Waals surface area contributed by atoms with Crippen LogP contribution in [0.1, 0.15) is 55.2 Å². The van der Waals surface area contributed by atoms with E-state index >= 15 is 0 Å². The lowest BCUT2D eigenvalue weighted by Crippen LogP contribution is -2.02. The number of hydrogen-bond acceptors (Lipinski definition) is 2. The minimum atomic E-state index is -0.192. The van der Waals surface area contributed by atoms with Crippen molar-refractivity contribution in [3.63, 3.8) is 0 Å². The molecule has 0 N–H and O–H groups in total. The first-order valence-electron chi connectivity index (χ1n) is 7.79. The molecule has 21 heavy (non-hydrogen) atoms. The van der Waals surface area contributed by atoms with Crippen LogP contribution < -0.4 is 0 Å². The van der Waals surface area contributed by atoms with Gasteiger partial charge in [-0.15, -0.1) is 0 Å². The van der Waals surface area contributed by atoms with Crippen molar-refractivity contribution < 1.29 is 4.79 Å². The first-order valence-corrected chi connectivity index (χ1v) is 7.79. The van der Waals surface area contributed by atoms with Gasteiger partial charge in [0.15, 0.2) is 0 Å². The summed E-state index contributed by atoms with van der Waals surface area (Å²) in [6.45, 7) is 2.23. The van der Waals surface area contributed by atoms with Crippen LogP contribution in [0, 0.1) is 0 Å². The summed E-state index contributed by atoms with van der Waals surface area (Å²) in [6.07, 6.45) is 10.7. The lowest BCUT2D eigenvalue weighted by Gasteiger charge is -2.11. The van der Waals surface area contributed by atoms with E-state index in [0.717, 1.165) is 23.8 Å². The monoisotopic (exact) mass is 281 g/mol. The summed E-state index contributed by atoms with van der Waals surface area (Å²) in [5, 5.41) is 0. The van der Waals surface area contributed by atoms with Gasteiger partial charge in [0, 0.05) is 12.4 Å². The Kier molecular flexibility index (Phi) is 6.14. The fraction of sp³-hybridized carbons (Fsp3) is 0.368. The second-order valence-corrected chi connectivity index (χ2v) is 5.45. The number of aryl methyl sites for hydroxylation is 1. The van der Waals surface area contributed by atoms with E-state index in [4.69, 9.17) is 0 Å². The van der Waals surface area contributed by atoms with Gasteiger partial charge in [-0.2, -0.15) is 0 Å². The molecule has 0 spiro atoms. The van der Waals surface area contributed by atoms with Crippen molar-refractivity contribution in [3.8, 4) is 0 Å². The molecule has 0 saturated heterocycles. The second-order valence-electron chi connectivity index (χ2n) is 5.45. The van der Waals surface area contributed by atoms with Gasteiger partial charge in [0.2, 0.25) is 0 Å². The number of rotatable bonds is 8. The van der Waals surface area contributed by atoms with Crippen molar-refractivity contribution in [2.45, 2.75) is 44.9 Å². The maximum atomic E-state index is 11.4. The Labute approximate surface area is 127 Å². The Morgan fingerprint density at radius 3 is 2.24 bits per heavy atom. The number of pyridine rings is 1. The first-order chi connectivity index (χ1) is 10.3. The fourth-order valence-corrected chi connectivity index (χ4v) is 2.57. The van der Waals surface area contributed by atoms with Crippen molar-refractivity contribution in [3.05, 3.63) is 65.5 Å². The van der Waals surface area contributed by atoms with Crippen LogP contribution in [0.3, 0.4) is 0 Å². The molecule has 0 saturated carbocycles. The van der Waals surface area contributed by atoms with Gasteiger partial charge in [-0.3, -0.25) is 4.98 Å². The van der Waals surface area contributed by atoms with E-state index in [9.17, 15) is 4.79 Å². The highest BCUT2D eigenvalue weighted by molar-refractivity contribution is 5.68. The van der Waals surface area contributed by atoms with Crippen LogP contribution in [0.15, 0.2) is 48.8 Å². The summed E-state index contributed by atoms with van der Waals surface area (Å²) in [5.74, 6) is -0.192. The lowest BCUT2D eigenvalue weighted by molar-refractivity contribution is -0.108. The molecule has 0 aliphatic heterocycles. The Morgan fingerprint density at radius 2 is 1.62 bits per heavy atom. The van der Waals surface area contributed by atoms with Gasteiger partial charge >= 0.3 is 0 Å². The van der Waals surface area contributed by atoms with Gasteiger partial charge in [-0.1, -0.05) is 50.5 Å². The SMILES string of the molecule is CCCCCCc1ccc(C(C=O)c2ccncc2)cc1. The smallest absolute Gasteiger partial charge is 0.131 e.